The molecule has 0 unspecified atom stereocenters. The van der Waals surface area contributed by atoms with Crippen LogP contribution in [0.25, 0.3) is 0 Å². The van der Waals surface area contributed by atoms with Crippen molar-refractivity contribution in [1.29, 1.82) is 0 Å². The highest BCUT2D eigenvalue weighted by Crippen LogP contribution is 2.35. The minimum atomic E-state index is -2.79. The highest BCUT2D eigenvalue weighted by Gasteiger charge is 2.60. The van der Waals surface area contributed by atoms with Crippen molar-refractivity contribution in [3.63, 3.8) is 0 Å². The van der Waals surface area contributed by atoms with Crippen molar-refractivity contribution in [3.8, 4) is 0 Å². The Morgan fingerprint density at radius 3 is 2.17 bits per heavy atom. The fraction of sp³-hybridized carbons (Fsp3) is 0.955. The zero-order valence-corrected chi connectivity index (χ0v) is 19.9. The molecule has 0 radical (unpaired) electrons. The van der Waals surface area contributed by atoms with E-state index in [1.54, 1.807) is 0 Å². The first-order valence-electron chi connectivity index (χ1n) is 12.1. The van der Waals surface area contributed by atoms with E-state index in [-0.39, 0.29) is 6.42 Å². The molecule has 13 heteroatoms. The molecule has 2 fully saturated rings. The lowest BCUT2D eigenvalue weighted by molar-refractivity contribution is -0.464. The number of esters is 1. The molecule has 0 aromatic carbocycles. The Bertz CT molecular complexity index is 649. The molecule has 2 heterocycles. The van der Waals surface area contributed by atoms with Crippen LogP contribution in [-0.2, 0) is 23.7 Å². The van der Waals surface area contributed by atoms with E-state index >= 15 is 0 Å². The summed E-state index contributed by atoms with van der Waals surface area (Å²) in [4.78, 5) is 12.6. The first-order valence-corrected chi connectivity index (χ1v) is 12.1. The van der Waals surface area contributed by atoms with Crippen molar-refractivity contribution in [2.75, 3.05) is 19.8 Å². The molecular weight excluding hydrogens is 472 g/mol. The molecule has 2 rings (SSSR count). The molecule has 2 saturated heterocycles. The number of carbonyl (C=O) groups excluding carboxylic acids is 1. The molecular formula is C22H40O13. The summed E-state index contributed by atoms with van der Waals surface area (Å²) in [7, 11) is 0. The van der Waals surface area contributed by atoms with Gasteiger partial charge in [-0.25, -0.2) is 0 Å². The summed E-state index contributed by atoms with van der Waals surface area (Å²) >= 11 is 0. The lowest BCUT2D eigenvalue weighted by atomic mass is 9.96. The van der Waals surface area contributed by atoms with E-state index in [1.807, 2.05) is 0 Å². The van der Waals surface area contributed by atoms with Crippen molar-refractivity contribution in [2.24, 2.45) is 0 Å². The van der Waals surface area contributed by atoms with Gasteiger partial charge < -0.3 is 59.8 Å². The first-order chi connectivity index (χ1) is 16.5. The van der Waals surface area contributed by atoms with Gasteiger partial charge in [-0.05, 0) is 6.42 Å². The van der Waals surface area contributed by atoms with Gasteiger partial charge in [-0.1, -0.05) is 45.4 Å². The summed E-state index contributed by atoms with van der Waals surface area (Å²) in [6.45, 7) is -0.369. The average Bonchev–Trinajstić information content (AvgIpc) is 2.84. The third-order valence-corrected chi connectivity index (χ3v) is 6.32. The van der Waals surface area contributed by atoms with Gasteiger partial charge in [0, 0.05) is 6.42 Å². The Labute approximate surface area is 203 Å². The standard InChI is InChI=1S/C22H40O13/c1-2-3-4-5-6-7-8-9-15(25)35-22(20(30)18(28)17(27)14(10-23)34-22)33-12-21(31)19(29)16(26)13(24)11-32-21/h13-14,16-20,23-24,26-31H,2-12H2,1H3/t13-,14-,16-,17-,18+,19+,20-,21+,22+/m1/s1. The number of carbonyl (C=O) groups is 1. The molecule has 0 bridgehead atoms. The maximum Gasteiger partial charge on any atom is 0.360 e. The van der Waals surface area contributed by atoms with Crippen LogP contribution in [0.15, 0.2) is 0 Å². The molecule has 0 aromatic rings. The van der Waals surface area contributed by atoms with Crippen LogP contribution >= 0.6 is 0 Å². The third-order valence-electron chi connectivity index (χ3n) is 6.32. The fourth-order valence-electron chi connectivity index (χ4n) is 4.00. The third kappa shape index (κ3) is 7.52. The van der Waals surface area contributed by atoms with Crippen molar-refractivity contribution in [2.45, 2.75) is 113 Å². The van der Waals surface area contributed by atoms with E-state index < -0.39 is 80.3 Å². The van der Waals surface area contributed by atoms with Gasteiger partial charge in [0.2, 0.25) is 5.79 Å². The van der Waals surface area contributed by atoms with Crippen molar-refractivity contribution < 1.29 is 64.6 Å². The largest absolute Gasteiger partial charge is 0.405 e. The van der Waals surface area contributed by atoms with Crippen LogP contribution in [0.1, 0.15) is 58.3 Å². The van der Waals surface area contributed by atoms with Crippen LogP contribution in [0.4, 0.5) is 0 Å². The Morgan fingerprint density at radius 2 is 1.54 bits per heavy atom. The monoisotopic (exact) mass is 512 g/mol. The molecule has 9 atom stereocenters. The van der Waals surface area contributed by atoms with Gasteiger partial charge in [-0.15, -0.1) is 0 Å². The van der Waals surface area contributed by atoms with E-state index in [0.717, 1.165) is 38.5 Å². The number of hydrogen-bond acceptors (Lipinski definition) is 13. The number of unbranched alkanes of at least 4 members (excludes halogenated alkanes) is 6. The van der Waals surface area contributed by atoms with E-state index in [2.05, 4.69) is 6.92 Å². The summed E-state index contributed by atoms with van der Waals surface area (Å²) in [5, 5.41) is 80.6. The van der Waals surface area contributed by atoms with E-state index in [0.29, 0.717) is 6.42 Å². The van der Waals surface area contributed by atoms with Crippen LogP contribution in [-0.4, -0.2) is 121 Å². The van der Waals surface area contributed by atoms with Crippen molar-refractivity contribution >= 4 is 5.97 Å². The highest BCUT2D eigenvalue weighted by atomic mass is 16.9. The summed E-state index contributed by atoms with van der Waals surface area (Å²) in [5.74, 6) is -6.29. The molecule has 2 aliphatic rings. The Balaban J connectivity index is 2.09. The molecule has 0 spiro atoms. The summed E-state index contributed by atoms with van der Waals surface area (Å²) in [6, 6.07) is 0. The molecule has 0 aromatic heterocycles. The summed E-state index contributed by atoms with van der Waals surface area (Å²) < 4.78 is 20.9. The molecule has 0 aliphatic carbocycles. The summed E-state index contributed by atoms with van der Waals surface area (Å²) in [6.07, 6.45) is -6.41. The maximum absolute atomic E-state index is 12.6. The Kier molecular flexibility index (Phi) is 11.7. The Morgan fingerprint density at radius 1 is 0.914 bits per heavy atom. The van der Waals surface area contributed by atoms with Crippen LogP contribution < -0.4 is 0 Å². The van der Waals surface area contributed by atoms with Gasteiger partial charge in [0.15, 0.2) is 6.10 Å². The van der Waals surface area contributed by atoms with Crippen molar-refractivity contribution in [1.82, 2.24) is 0 Å². The second kappa shape index (κ2) is 13.5. The van der Waals surface area contributed by atoms with Crippen molar-refractivity contribution in [3.05, 3.63) is 0 Å². The Hall–Kier alpha value is -0.970. The minimum Gasteiger partial charge on any atom is -0.405 e. The number of aliphatic hydroxyl groups excluding tert-OH is 7. The van der Waals surface area contributed by atoms with Crippen LogP contribution in [0.2, 0.25) is 0 Å². The van der Waals surface area contributed by atoms with E-state index in [9.17, 15) is 45.6 Å². The molecule has 8 N–H and O–H groups in total. The van der Waals surface area contributed by atoms with Crippen LogP contribution in [0, 0.1) is 0 Å². The fourth-order valence-corrected chi connectivity index (χ4v) is 4.00. The molecule has 0 amide bonds. The van der Waals surface area contributed by atoms with Gasteiger partial charge in [0.25, 0.3) is 0 Å². The molecule has 35 heavy (non-hydrogen) atoms. The minimum absolute atomic E-state index is 0.0916. The normalized spacial score (nSPS) is 40.0. The quantitative estimate of drug-likeness (QED) is 0.0735. The van der Waals surface area contributed by atoms with Gasteiger partial charge in [-0.2, -0.15) is 0 Å². The smallest absolute Gasteiger partial charge is 0.360 e. The first kappa shape index (κ1) is 30.3. The maximum atomic E-state index is 12.6. The lowest BCUT2D eigenvalue weighted by Gasteiger charge is -2.48. The summed E-state index contributed by atoms with van der Waals surface area (Å²) in [5.41, 5.74) is 0. The second-order valence-corrected chi connectivity index (χ2v) is 9.16. The SMILES string of the molecule is CCCCCCCCCC(=O)O[C@@]1(OC[C@]2(O)OC[C@@H](O)[C@@H](O)[C@@H]2O)O[C@H](CO)[C@@H](O)[C@H](O)[C@H]1O. The highest BCUT2D eigenvalue weighted by molar-refractivity contribution is 5.69. The molecule has 206 valence electrons. The van der Waals surface area contributed by atoms with Crippen LogP contribution in [0.3, 0.4) is 0 Å². The molecule has 13 nitrogen and oxygen atoms in total. The average molecular weight is 513 g/mol. The molecule has 0 saturated carbocycles. The zero-order valence-electron chi connectivity index (χ0n) is 19.9. The number of rotatable bonds is 13. The van der Waals surface area contributed by atoms with Gasteiger partial charge in [-0.3, -0.25) is 4.79 Å². The predicted molar refractivity (Wildman–Crippen MR) is 116 cm³/mol. The lowest BCUT2D eigenvalue weighted by Crippen LogP contribution is -2.69. The number of aliphatic hydroxyl groups is 8. The van der Waals surface area contributed by atoms with E-state index in [1.165, 1.54) is 0 Å². The number of ether oxygens (including phenoxy) is 4. The zero-order chi connectivity index (χ0) is 26.2. The van der Waals surface area contributed by atoms with Gasteiger partial charge in [0.05, 0.1) is 13.2 Å². The second-order valence-electron chi connectivity index (χ2n) is 9.16. The molecule has 2 aliphatic heterocycles. The van der Waals surface area contributed by atoms with Crippen LogP contribution in [0.5, 0.6) is 0 Å². The van der Waals surface area contributed by atoms with Gasteiger partial charge >= 0.3 is 11.9 Å². The van der Waals surface area contributed by atoms with E-state index in [4.69, 9.17) is 18.9 Å². The predicted octanol–water partition coefficient (Wildman–Crippen LogP) is -2.38. The topological polar surface area (TPSA) is 216 Å². The van der Waals surface area contributed by atoms with Gasteiger partial charge in [0.1, 0.15) is 43.2 Å². The number of hydrogen-bond donors (Lipinski definition) is 8.